The van der Waals surface area contributed by atoms with Crippen LogP contribution in [0.25, 0.3) is 0 Å². The summed E-state index contributed by atoms with van der Waals surface area (Å²) in [5, 5.41) is 12.9. The van der Waals surface area contributed by atoms with Crippen LogP contribution in [0.3, 0.4) is 0 Å². The van der Waals surface area contributed by atoms with Gasteiger partial charge in [0.25, 0.3) is 0 Å². The molecule has 0 heterocycles. The van der Waals surface area contributed by atoms with E-state index in [1.807, 2.05) is 44.2 Å². The van der Waals surface area contributed by atoms with Gasteiger partial charge >= 0.3 is 8.32 Å². The SMILES string of the molecule is C=CC(C)c1cc(O[Si](c2ccccc2)(c2ccccc2)C(C)(C)C)c(C)cc1O. The molecule has 0 saturated heterocycles. The zero-order chi connectivity index (χ0) is 21.9. The Hall–Kier alpha value is -2.78. The van der Waals surface area contributed by atoms with Gasteiger partial charge in [0.15, 0.2) is 0 Å². The largest absolute Gasteiger partial charge is 0.534 e. The summed E-state index contributed by atoms with van der Waals surface area (Å²) in [7, 11) is -2.71. The minimum Gasteiger partial charge on any atom is -0.534 e. The number of phenolic OH excluding ortho intramolecular Hbond substituents is 1. The monoisotopic (exact) mass is 416 g/mol. The van der Waals surface area contributed by atoms with Crippen LogP contribution in [0.15, 0.2) is 85.5 Å². The summed E-state index contributed by atoms with van der Waals surface area (Å²) in [6.07, 6.45) is 1.84. The smallest absolute Gasteiger partial charge is 0.319 e. The number of hydrogen-bond acceptors (Lipinski definition) is 2. The number of aryl methyl sites for hydroxylation is 1. The molecule has 2 nitrogen and oxygen atoms in total. The highest BCUT2D eigenvalue weighted by Gasteiger charge is 2.52. The lowest BCUT2D eigenvalue weighted by molar-refractivity contribution is 0.460. The third kappa shape index (κ3) is 3.95. The fourth-order valence-electron chi connectivity index (χ4n) is 4.10. The first-order valence-electron chi connectivity index (χ1n) is 10.5. The maximum atomic E-state index is 10.5. The van der Waals surface area contributed by atoms with E-state index in [1.165, 1.54) is 10.4 Å². The molecule has 0 aliphatic carbocycles. The van der Waals surface area contributed by atoms with Gasteiger partial charge in [-0.05, 0) is 40.0 Å². The van der Waals surface area contributed by atoms with Crippen molar-refractivity contribution >= 4 is 18.7 Å². The van der Waals surface area contributed by atoms with E-state index in [4.69, 9.17) is 4.43 Å². The standard InChI is InChI=1S/C27H32O2Si/c1-7-20(2)24-19-26(21(3)18-25(24)28)29-30(27(4,5)6,22-14-10-8-11-15-22)23-16-12-9-13-17-23/h7-20,28H,1H2,2-6H3. The second-order valence-electron chi connectivity index (χ2n) is 8.97. The lowest BCUT2D eigenvalue weighted by Crippen LogP contribution is -2.68. The van der Waals surface area contributed by atoms with Crippen LogP contribution in [0.1, 0.15) is 44.7 Å². The molecule has 3 rings (SSSR count). The molecule has 0 aliphatic rings. The third-order valence-electron chi connectivity index (χ3n) is 5.85. The normalized spacial score (nSPS) is 13.0. The number of aromatic hydroxyl groups is 1. The average Bonchev–Trinajstić information content (AvgIpc) is 2.73. The van der Waals surface area contributed by atoms with Gasteiger partial charge in [-0.1, -0.05) is 94.4 Å². The number of rotatable bonds is 6. The lowest BCUT2D eigenvalue weighted by Gasteiger charge is -2.43. The average molecular weight is 417 g/mol. The van der Waals surface area contributed by atoms with E-state index < -0.39 is 8.32 Å². The van der Waals surface area contributed by atoms with Gasteiger partial charge in [0.05, 0.1) is 0 Å². The van der Waals surface area contributed by atoms with Crippen LogP contribution >= 0.6 is 0 Å². The topological polar surface area (TPSA) is 29.5 Å². The highest BCUT2D eigenvalue weighted by Crippen LogP contribution is 2.40. The highest BCUT2D eigenvalue weighted by molar-refractivity contribution is 7.00. The molecule has 0 fully saturated rings. The van der Waals surface area contributed by atoms with Gasteiger partial charge in [-0.3, -0.25) is 0 Å². The van der Waals surface area contributed by atoms with Gasteiger partial charge in [0.1, 0.15) is 11.5 Å². The van der Waals surface area contributed by atoms with Crippen LogP contribution in [0.5, 0.6) is 11.5 Å². The molecule has 3 aromatic rings. The molecule has 0 amide bonds. The molecule has 0 bridgehead atoms. The van der Waals surface area contributed by atoms with Gasteiger partial charge in [0, 0.05) is 11.5 Å². The maximum absolute atomic E-state index is 10.5. The summed E-state index contributed by atoms with van der Waals surface area (Å²) in [5.41, 5.74) is 1.77. The second kappa shape index (κ2) is 8.53. The Bertz CT molecular complexity index is 965. The first-order valence-corrected chi connectivity index (χ1v) is 12.4. The summed E-state index contributed by atoms with van der Waals surface area (Å²) in [5.74, 6) is 1.15. The fraction of sp³-hybridized carbons (Fsp3) is 0.259. The van der Waals surface area contributed by atoms with Crippen molar-refractivity contribution in [3.63, 3.8) is 0 Å². The molecule has 1 atom stereocenters. The van der Waals surface area contributed by atoms with Crippen molar-refractivity contribution in [1.29, 1.82) is 0 Å². The summed E-state index contributed by atoms with van der Waals surface area (Å²) >= 11 is 0. The third-order valence-corrected chi connectivity index (χ3v) is 10.8. The van der Waals surface area contributed by atoms with Gasteiger partial charge < -0.3 is 9.53 Å². The molecule has 0 spiro atoms. The Morgan fingerprint density at radius 2 is 1.43 bits per heavy atom. The first-order chi connectivity index (χ1) is 14.2. The van der Waals surface area contributed by atoms with E-state index in [1.54, 1.807) is 0 Å². The quantitative estimate of drug-likeness (QED) is 0.399. The van der Waals surface area contributed by atoms with Crippen LogP contribution in [-0.2, 0) is 0 Å². The Morgan fingerprint density at radius 3 is 1.87 bits per heavy atom. The summed E-state index contributed by atoms with van der Waals surface area (Å²) in [4.78, 5) is 0. The Balaban J connectivity index is 2.29. The van der Waals surface area contributed by atoms with Crippen LogP contribution in [-0.4, -0.2) is 13.4 Å². The Kier molecular flexibility index (Phi) is 6.23. The molecular weight excluding hydrogens is 384 g/mol. The summed E-state index contributed by atoms with van der Waals surface area (Å²) in [6, 6.07) is 25.0. The molecule has 0 radical (unpaired) electrons. The molecular formula is C27H32O2Si. The highest BCUT2D eigenvalue weighted by atomic mass is 28.4. The minimum atomic E-state index is -2.71. The molecule has 0 aromatic heterocycles. The van der Waals surface area contributed by atoms with Crippen molar-refractivity contribution in [3.05, 3.63) is 96.6 Å². The number of allylic oxidation sites excluding steroid dienone is 1. The molecule has 1 unspecified atom stereocenters. The first kappa shape index (κ1) is 21.9. The van der Waals surface area contributed by atoms with E-state index in [-0.39, 0.29) is 16.7 Å². The summed E-state index contributed by atoms with van der Waals surface area (Å²) < 4.78 is 7.15. The Morgan fingerprint density at radius 1 is 0.933 bits per heavy atom. The van der Waals surface area contributed by atoms with Crippen LogP contribution in [0.4, 0.5) is 0 Å². The minimum absolute atomic E-state index is 0.0344. The Labute approximate surface area is 182 Å². The number of hydrogen-bond donors (Lipinski definition) is 1. The van der Waals surface area contributed by atoms with Crippen LogP contribution in [0, 0.1) is 6.92 Å². The van der Waals surface area contributed by atoms with Gasteiger partial charge in [-0.2, -0.15) is 0 Å². The maximum Gasteiger partial charge on any atom is 0.319 e. The number of phenols is 1. The van der Waals surface area contributed by atoms with Crippen molar-refractivity contribution < 1.29 is 9.53 Å². The molecule has 156 valence electrons. The predicted molar refractivity (Wildman–Crippen MR) is 130 cm³/mol. The van der Waals surface area contributed by atoms with Gasteiger partial charge in [-0.25, -0.2) is 0 Å². The van der Waals surface area contributed by atoms with Crippen molar-refractivity contribution in [2.45, 2.75) is 45.6 Å². The van der Waals surface area contributed by atoms with E-state index >= 15 is 0 Å². The van der Waals surface area contributed by atoms with E-state index in [2.05, 4.69) is 75.9 Å². The van der Waals surface area contributed by atoms with Crippen molar-refractivity contribution in [3.8, 4) is 11.5 Å². The molecule has 0 aliphatic heterocycles. The van der Waals surface area contributed by atoms with Crippen LogP contribution < -0.4 is 14.8 Å². The zero-order valence-electron chi connectivity index (χ0n) is 18.6. The predicted octanol–water partition coefficient (Wildman–Crippen LogP) is 5.93. The van der Waals surface area contributed by atoms with Gasteiger partial charge in [0.2, 0.25) is 0 Å². The van der Waals surface area contributed by atoms with E-state index in [0.717, 1.165) is 16.9 Å². The fourth-order valence-corrected chi connectivity index (χ4v) is 8.59. The molecule has 1 N–H and O–H groups in total. The molecule has 0 saturated carbocycles. The zero-order valence-corrected chi connectivity index (χ0v) is 19.6. The number of benzene rings is 3. The second-order valence-corrected chi connectivity index (χ2v) is 13.2. The van der Waals surface area contributed by atoms with E-state index in [0.29, 0.717) is 0 Å². The molecule has 30 heavy (non-hydrogen) atoms. The van der Waals surface area contributed by atoms with E-state index in [9.17, 15) is 5.11 Å². The van der Waals surface area contributed by atoms with Crippen molar-refractivity contribution in [2.75, 3.05) is 0 Å². The van der Waals surface area contributed by atoms with Crippen molar-refractivity contribution in [2.24, 2.45) is 0 Å². The van der Waals surface area contributed by atoms with Crippen LogP contribution in [0.2, 0.25) is 5.04 Å². The summed E-state index contributed by atoms with van der Waals surface area (Å²) in [6.45, 7) is 14.7. The molecule has 3 heteroatoms. The molecule has 3 aromatic carbocycles. The lowest BCUT2D eigenvalue weighted by atomic mass is 9.98. The van der Waals surface area contributed by atoms with Gasteiger partial charge in [-0.15, -0.1) is 6.58 Å². The van der Waals surface area contributed by atoms with Crippen molar-refractivity contribution in [1.82, 2.24) is 0 Å².